The van der Waals surface area contributed by atoms with Gasteiger partial charge in [-0.15, -0.1) is 0 Å². The Hall–Kier alpha value is -1.97. The lowest BCUT2D eigenvalue weighted by Crippen LogP contribution is -2.17. The van der Waals surface area contributed by atoms with Crippen molar-refractivity contribution < 1.29 is 9.84 Å². The molecule has 0 saturated carbocycles. The predicted octanol–water partition coefficient (Wildman–Crippen LogP) is 3.94. The molecule has 0 saturated heterocycles. The van der Waals surface area contributed by atoms with Gasteiger partial charge in [-0.2, -0.15) is 0 Å². The van der Waals surface area contributed by atoms with Crippen molar-refractivity contribution in [1.82, 2.24) is 4.90 Å². The summed E-state index contributed by atoms with van der Waals surface area (Å²) >= 11 is 6.14. The minimum Gasteiger partial charge on any atom is -0.493 e. The van der Waals surface area contributed by atoms with E-state index < -0.39 is 0 Å². The number of benzene rings is 2. The number of rotatable bonds is 5. The van der Waals surface area contributed by atoms with E-state index in [0.29, 0.717) is 13.0 Å². The predicted molar refractivity (Wildman–Crippen MR) is 93.6 cm³/mol. The van der Waals surface area contributed by atoms with E-state index in [1.807, 2.05) is 24.3 Å². The van der Waals surface area contributed by atoms with Gasteiger partial charge in [0.1, 0.15) is 5.75 Å². The molecule has 2 aromatic carbocycles. The summed E-state index contributed by atoms with van der Waals surface area (Å²) in [7, 11) is 2.06. The second-order valence-electron chi connectivity index (χ2n) is 5.71. The van der Waals surface area contributed by atoms with Crippen LogP contribution < -0.4 is 4.74 Å². The van der Waals surface area contributed by atoms with Crippen molar-refractivity contribution >= 4 is 17.2 Å². The number of hydrogen-bond donors (Lipinski definition) is 1. The van der Waals surface area contributed by atoms with Gasteiger partial charge in [0.15, 0.2) is 0 Å². The van der Waals surface area contributed by atoms with E-state index in [2.05, 4.69) is 36.3 Å². The van der Waals surface area contributed by atoms with Gasteiger partial charge in [-0.3, -0.25) is 0 Å². The van der Waals surface area contributed by atoms with E-state index in [0.717, 1.165) is 28.5 Å². The standard InChI is InChI=1S/C19H20ClNO2/c1-21-12-15-11-17(23-9-3-8-22)6-7-18(15)19(13-21)14-4-2-5-16(20)10-14/h2,4-7,10-11,13,22H,3,8-9,12H2,1H3. The molecule has 3 rings (SSSR count). The molecule has 3 nitrogen and oxygen atoms in total. The van der Waals surface area contributed by atoms with Gasteiger partial charge in [0.2, 0.25) is 0 Å². The number of aliphatic hydroxyl groups excluding tert-OH is 1. The third-order valence-electron chi connectivity index (χ3n) is 3.84. The van der Waals surface area contributed by atoms with Crippen molar-refractivity contribution in [3.05, 3.63) is 70.4 Å². The maximum atomic E-state index is 8.85. The molecule has 0 bridgehead atoms. The van der Waals surface area contributed by atoms with E-state index in [1.54, 1.807) is 0 Å². The molecule has 0 unspecified atom stereocenters. The van der Waals surface area contributed by atoms with Gasteiger partial charge in [-0.25, -0.2) is 0 Å². The van der Waals surface area contributed by atoms with Gasteiger partial charge in [0, 0.05) is 43.4 Å². The summed E-state index contributed by atoms with van der Waals surface area (Å²) in [5, 5.41) is 9.59. The first kappa shape index (κ1) is 15.9. The number of fused-ring (bicyclic) bond motifs is 1. The maximum absolute atomic E-state index is 8.85. The average molecular weight is 330 g/mol. The van der Waals surface area contributed by atoms with E-state index in [1.165, 1.54) is 11.1 Å². The highest BCUT2D eigenvalue weighted by molar-refractivity contribution is 6.30. The molecule has 1 N–H and O–H groups in total. The molecule has 0 atom stereocenters. The zero-order valence-electron chi connectivity index (χ0n) is 13.1. The average Bonchev–Trinajstić information content (AvgIpc) is 2.54. The van der Waals surface area contributed by atoms with Crippen molar-refractivity contribution in [1.29, 1.82) is 0 Å². The van der Waals surface area contributed by atoms with Gasteiger partial charge in [0.05, 0.1) is 6.61 Å². The topological polar surface area (TPSA) is 32.7 Å². The van der Waals surface area contributed by atoms with Crippen LogP contribution in [0.5, 0.6) is 5.75 Å². The van der Waals surface area contributed by atoms with Crippen LogP contribution in [0.1, 0.15) is 23.1 Å². The number of hydrogen-bond acceptors (Lipinski definition) is 3. The quantitative estimate of drug-likeness (QED) is 0.843. The van der Waals surface area contributed by atoms with Crippen LogP contribution in [0.3, 0.4) is 0 Å². The number of nitrogens with zero attached hydrogens (tertiary/aromatic N) is 1. The van der Waals surface area contributed by atoms with Crippen molar-refractivity contribution in [3.63, 3.8) is 0 Å². The molecule has 1 aliphatic rings. The Kier molecular flexibility index (Phi) is 4.89. The van der Waals surface area contributed by atoms with Crippen molar-refractivity contribution in [3.8, 4) is 5.75 Å². The first-order valence-electron chi connectivity index (χ1n) is 7.72. The van der Waals surface area contributed by atoms with Crippen molar-refractivity contribution in [2.24, 2.45) is 0 Å². The monoisotopic (exact) mass is 329 g/mol. The van der Waals surface area contributed by atoms with Gasteiger partial charge in [-0.1, -0.05) is 29.8 Å². The zero-order valence-corrected chi connectivity index (χ0v) is 13.9. The van der Waals surface area contributed by atoms with Crippen LogP contribution in [0.4, 0.5) is 0 Å². The molecule has 1 aliphatic heterocycles. The highest BCUT2D eigenvalue weighted by Gasteiger charge is 2.17. The van der Waals surface area contributed by atoms with E-state index in [-0.39, 0.29) is 6.61 Å². The van der Waals surface area contributed by atoms with Crippen LogP contribution in [0.2, 0.25) is 5.02 Å². The van der Waals surface area contributed by atoms with Gasteiger partial charge in [-0.05, 0) is 41.0 Å². The van der Waals surface area contributed by atoms with Crippen molar-refractivity contribution in [2.75, 3.05) is 20.3 Å². The molecule has 0 amide bonds. The molecule has 0 aromatic heterocycles. The first-order valence-corrected chi connectivity index (χ1v) is 8.10. The van der Waals surface area contributed by atoms with Crippen molar-refractivity contribution in [2.45, 2.75) is 13.0 Å². The number of halogens is 1. The summed E-state index contributed by atoms with van der Waals surface area (Å²) in [5.74, 6) is 0.845. The Morgan fingerprint density at radius 3 is 2.87 bits per heavy atom. The lowest BCUT2D eigenvalue weighted by molar-refractivity contribution is 0.233. The molecule has 4 heteroatoms. The highest BCUT2D eigenvalue weighted by Crippen LogP contribution is 2.34. The lowest BCUT2D eigenvalue weighted by Gasteiger charge is -2.26. The minimum absolute atomic E-state index is 0.148. The second kappa shape index (κ2) is 7.07. The summed E-state index contributed by atoms with van der Waals surface area (Å²) in [6.45, 7) is 1.52. The second-order valence-corrected chi connectivity index (χ2v) is 6.15. The minimum atomic E-state index is 0.148. The molecule has 120 valence electrons. The Balaban J connectivity index is 1.93. The summed E-state index contributed by atoms with van der Waals surface area (Å²) in [5.41, 5.74) is 4.71. The van der Waals surface area contributed by atoms with Gasteiger partial charge >= 0.3 is 0 Å². The number of ether oxygens (including phenoxy) is 1. The Bertz CT molecular complexity index is 727. The molecular formula is C19H20ClNO2. The van der Waals surface area contributed by atoms with Crippen LogP contribution in [0.15, 0.2) is 48.7 Å². The molecule has 0 radical (unpaired) electrons. The third-order valence-corrected chi connectivity index (χ3v) is 4.08. The SMILES string of the molecule is CN1C=C(c2cccc(Cl)c2)c2ccc(OCCCO)cc2C1. The van der Waals surface area contributed by atoms with E-state index in [4.69, 9.17) is 21.4 Å². The first-order chi connectivity index (χ1) is 11.2. The summed E-state index contributed by atoms with van der Waals surface area (Å²) in [4.78, 5) is 2.16. The molecule has 23 heavy (non-hydrogen) atoms. The third kappa shape index (κ3) is 3.69. The largest absolute Gasteiger partial charge is 0.493 e. The van der Waals surface area contributed by atoms with Crippen LogP contribution in [0, 0.1) is 0 Å². The lowest BCUT2D eigenvalue weighted by atomic mass is 9.92. The van der Waals surface area contributed by atoms with Crippen LogP contribution in [-0.2, 0) is 6.54 Å². The van der Waals surface area contributed by atoms with Crippen LogP contribution in [0.25, 0.3) is 5.57 Å². The fourth-order valence-corrected chi connectivity index (χ4v) is 2.99. The Morgan fingerprint density at radius 2 is 2.09 bits per heavy atom. The Labute approximate surface area is 141 Å². The molecule has 0 spiro atoms. The van der Waals surface area contributed by atoms with Gasteiger partial charge < -0.3 is 14.7 Å². The van der Waals surface area contributed by atoms with Crippen LogP contribution >= 0.6 is 11.6 Å². The summed E-state index contributed by atoms with van der Waals surface area (Å²) in [6.07, 6.45) is 2.80. The zero-order chi connectivity index (χ0) is 16.2. The molecule has 1 heterocycles. The molecule has 0 aliphatic carbocycles. The molecule has 2 aromatic rings. The summed E-state index contributed by atoms with van der Waals surface area (Å²) < 4.78 is 5.69. The van der Waals surface area contributed by atoms with Crippen LogP contribution in [-0.4, -0.2) is 30.3 Å². The molecular weight excluding hydrogens is 310 g/mol. The maximum Gasteiger partial charge on any atom is 0.119 e. The normalized spacial score (nSPS) is 13.5. The fourth-order valence-electron chi connectivity index (χ4n) is 2.80. The summed E-state index contributed by atoms with van der Waals surface area (Å²) in [6, 6.07) is 14.1. The smallest absolute Gasteiger partial charge is 0.119 e. The number of aliphatic hydroxyl groups is 1. The highest BCUT2D eigenvalue weighted by atomic mass is 35.5. The van der Waals surface area contributed by atoms with E-state index in [9.17, 15) is 0 Å². The van der Waals surface area contributed by atoms with E-state index >= 15 is 0 Å². The Morgan fingerprint density at radius 1 is 1.22 bits per heavy atom. The molecule has 0 fully saturated rings. The van der Waals surface area contributed by atoms with Gasteiger partial charge in [0.25, 0.3) is 0 Å². The fraction of sp³-hybridized carbons (Fsp3) is 0.263.